The molecule has 0 bridgehead atoms. The first-order valence-electron chi connectivity index (χ1n) is 10.6. The van der Waals surface area contributed by atoms with E-state index in [9.17, 15) is 9.18 Å². The van der Waals surface area contributed by atoms with Crippen molar-refractivity contribution in [2.75, 3.05) is 13.1 Å². The number of piperidine rings is 1. The van der Waals surface area contributed by atoms with Crippen LogP contribution in [0.25, 0.3) is 10.9 Å². The molecular formula is C24H29ClFN3O2. The molecule has 4 rings (SSSR count). The first-order chi connectivity index (χ1) is 14.4. The van der Waals surface area contributed by atoms with Gasteiger partial charge in [0.05, 0.1) is 10.9 Å². The van der Waals surface area contributed by atoms with E-state index in [1.165, 1.54) is 12.1 Å². The molecule has 1 aliphatic rings. The average Bonchev–Trinajstić information content (AvgIpc) is 2.73. The molecule has 0 spiro atoms. The number of halogens is 2. The van der Waals surface area contributed by atoms with Gasteiger partial charge >= 0.3 is 0 Å². The minimum absolute atomic E-state index is 0. The van der Waals surface area contributed by atoms with E-state index < -0.39 is 0 Å². The molecule has 0 saturated carbocycles. The normalized spacial score (nSPS) is 17.0. The fraction of sp³-hybridized carbons (Fsp3) is 0.417. The third-order valence-corrected chi connectivity index (χ3v) is 5.89. The average molecular weight is 446 g/mol. The zero-order valence-corrected chi connectivity index (χ0v) is 19.0. The van der Waals surface area contributed by atoms with Gasteiger partial charge in [0.25, 0.3) is 5.56 Å². The first kappa shape index (κ1) is 23.2. The van der Waals surface area contributed by atoms with Crippen molar-refractivity contribution in [3.63, 3.8) is 0 Å². The van der Waals surface area contributed by atoms with Gasteiger partial charge in [-0.2, -0.15) is 0 Å². The zero-order chi connectivity index (χ0) is 21.3. The van der Waals surface area contributed by atoms with Gasteiger partial charge in [0.2, 0.25) is 0 Å². The van der Waals surface area contributed by atoms with Crippen molar-refractivity contribution >= 4 is 23.3 Å². The number of fused-ring (bicyclic) bond motifs is 1. The SMILES string of the molecule is Cc1nc2ccc(Oc3ccc(F)cc3)cc2c(=O)n1CC1CCCN(C(C)C)C1.Cl. The second-order valence-electron chi connectivity index (χ2n) is 8.41. The lowest BCUT2D eigenvalue weighted by molar-refractivity contribution is 0.129. The first-order valence-corrected chi connectivity index (χ1v) is 10.6. The predicted molar refractivity (Wildman–Crippen MR) is 124 cm³/mol. The van der Waals surface area contributed by atoms with Gasteiger partial charge in [-0.1, -0.05) is 0 Å². The summed E-state index contributed by atoms with van der Waals surface area (Å²) >= 11 is 0. The van der Waals surface area contributed by atoms with Crippen LogP contribution in [-0.4, -0.2) is 33.6 Å². The Kier molecular flexibility index (Phi) is 7.34. The Bertz CT molecular complexity index is 1100. The molecule has 31 heavy (non-hydrogen) atoms. The van der Waals surface area contributed by atoms with E-state index in [4.69, 9.17) is 4.74 Å². The third-order valence-electron chi connectivity index (χ3n) is 5.89. The van der Waals surface area contributed by atoms with Gasteiger partial charge < -0.3 is 9.64 Å². The van der Waals surface area contributed by atoms with E-state index >= 15 is 0 Å². The molecule has 1 saturated heterocycles. The number of hydrogen-bond acceptors (Lipinski definition) is 4. The third kappa shape index (κ3) is 5.25. The van der Waals surface area contributed by atoms with E-state index in [0.717, 1.165) is 31.8 Å². The Hall–Kier alpha value is -2.44. The van der Waals surface area contributed by atoms with E-state index in [1.54, 1.807) is 34.9 Å². The molecule has 2 aromatic carbocycles. The highest BCUT2D eigenvalue weighted by molar-refractivity contribution is 5.85. The maximum absolute atomic E-state index is 13.3. The summed E-state index contributed by atoms with van der Waals surface area (Å²) in [5.74, 6) is 1.91. The molecule has 0 amide bonds. The van der Waals surface area contributed by atoms with Crippen LogP contribution in [0.15, 0.2) is 47.3 Å². The highest BCUT2D eigenvalue weighted by Gasteiger charge is 2.23. The highest BCUT2D eigenvalue weighted by atomic mass is 35.5. The maximum atomic E-state index is 13.3. The summed E-state index contributed by atoms with van der Waals surface area (Å²) in [6.45, 7) is 9.16. The molecule has 1 aromatic heterocycles. The summed E-state index contributed by atoms with van der Waals surface area (Å²) in [4.78, 5) is 20.4. The summed E-state index contributed by atoms with van der Waals surface area (Å²) in [6, 6.07) is 11.6. The lowest BCUT2D eigenvalue weighted by atomic mass is 9.96. The number of rotatable bonds is 5. The molecule has 3 aromatic rings. The summed E-state index contributed by atoms with van der Waals surface area (Å²) in [5, 5.41) is 0.539. The van der Waals surface area contributed by atoms with E-state index in [2.05, 4.69) is 23.7 Å². The van der Waals surface area contributed by atoms with Gasteiger partial charge in [-0.05, 0) is 88.5 Å². The van der Waals surface area contributed by atoms with Crippen LogP contribution in [0.3, 0.4) is 0 Å². The Labute approximate surface area is 188 Å². The molecule has 1 fully saturated rings. The minimum Gasteiger partial charge on any atom is -0.457 e. The Morgan fingerprint density at radius 1 is 1.16 bits per heavy atom. The minimum atomic E-state index is -0.317. The van der Waals surface area contributed by atoms with Crippen LogP contribution in [0.1, 0.15) is 32.5 Å². The van der Waals surface area contributed by atoms with Crippen molar-refractivity contribution in [2.45, 2.75) is 46.2 Å². The van der Waals surface area contributed by atoms with Crippen molar-refractivity contribution < 1.29 is 9.13 Å². The second kappa shape index (κ2) is 9.79. The molecule has 0 radical (unpaired) electrons. The highest BCUT2D eigenvalue weighted by Crippen LogP contribution is 2.25. The molecule has 1 unspecified atom stereocenters. The number of ether oxygens (including phenoxy) is 1. The van der Waals surface area contributed by atoms with E-state index in [1.807, 2.05) is 6.92 Å². The molecule has 7 heteroatoms. The topological polar surface area (TPSA) is 47.4 Å². The predicted octanol–water partition coefficient (Wildman–Crippen LogP) is 5.18. The molecule has 166 valence electrons. The van der Waals surface area contributed by atoms with E-state index in [0.29, 0.717) is 40.9 Å². The lowest BCUT2D eigenvalue weighted by Crippen LogP contribution is -2.42. The van der Waals surface area contributed by atoms with Crippen LogP contribution in [0.5, 0.6) is 11.5 Å². The van der Waals surface area contributed by atoms with Crippen molar-refractivity contribution in [3.8, 4) is 11.5 Å². The van der Waals surface area contributed by atoms with Gasteiger partial charge in [-0.3, -0.25) is 9.36 Å². The van der Waals surface area contributed by atoms with Gasteiger partial charge in [-0.15, -0.1) is 12.4 Å². The smallest absolute Gasteiger partial charge is 0.261 e. The fourth-order valence-electron chi connectivity index (χ4n) is 4.20. The van der Waals surface area contributed by atoms with E-state index in [-0.39, 0.29) is 23.8 Å². The summed E-state index contributed by atoms with van der Waals surface area (Å²) in [6.07, 6.45) is 2.29. The molecule has 0 aliphatic carbocycles. The largest absolute Gasteiger partial charge is 0.457 e. The second-order valence-corrected chi connectivity index (χ2v) is 8.41. The van der Waals surface area contributed by atoms with Crippen LogP contribution in [0, 0.1) is 18.7 Å². The monoisotopic (exact) mass is 445 g/mol. The van der Waals surface area contributed by atoms with Gasteiger partial charge in [0.1, 0.15) is 23.1 Å². The van der Waals surface area contributed by atoms with Crippen LogP contribution < -0.4 is 10.3 Å². The Morgan fingerprint density at radius 3 is 2.58 bits per heavy atom. The molecule has 1 aliphatic heterocycles. The summed E-state index contributed by atoms with van der Waals surface area (Å²) in [5.41, 5.74) is 0.622. The molecule has 1 atom stereocenters. The number of likely N-dealkylation sites (tertiary alicyclic amines) is 1. The number of aromatic nitrogens is 2. The standard InChI is InChI=1S/C24H28FN3O2.ClH/c1-16(2)27-12-4-5-18(14-27)15-28-17(3)26-23-11-10-21(13-22(23)24(28)29)30-20-8-6-19(25)7-9-20;/h6-11,13,16,18H,4-5,12,14-15H2,1-3H3;1H. The fourth-order valence-corrected chi connectivity index (χ4v) is 4.20. The number of nitrogens with zero attached hydrogens (tertiary/aromatic N) is 3. The van der Waals surface area contributed by atoms with Gasteiger partial charge in [0, 0.05) is 19.1 Å². The molecule has 2 heterocycles. The summed E-state index contributed by atoms with van der Waals surface area (Å²) in [7, 11) is 0. The van der Waals surface area contributed by atoms with Crippen molar-refractivity contribution in [1.82, 2.24) is 14.5 Å². The number of hydrogen-bond donors (Lipinski definition) is 0. The van der Waals surface area contributed by atoms with Crippen molar-refractivity contribution in [2.24, 2.45) is 5.92 Å². The van der Waals surface area contributed by atoms with Crippen LogP contribution in [0.4, 0.5) is 4.39 Å². The molecule has 5 nitrogen and oxygen atoms in total. The zero-order valence-electron chi connectivity index (χ0n) is 18.2. The van der Waals surface area contributed by atoms with Crippen molar-refractivity contribution in [3.05, 3.63) is 64.5 Å². The summed E-state index contributed by atoms with van der Waals surface area (Å²) < 4.78 is 20.7. The van der Waals surface area contributed by atoms with Crippen LogP contribution >= 0.6 is 12.4 Å². The quantitative estimate of drug-likeness (QED) is 0.543. The van der Waals surface area contributed by atoms with Gasteiger partial charge in [-0.25, -0.2) is 9.37 Å². The Balaban J connectivity index is 0.00000272. The Morgan fingerprint density at radius 2 is 1.87 bits per heavy atom. The van der Waals surface area contributed by atoms with Crippen molar-refractivity contribution in [1.29, 1.82) is 0 Å². The van der Waals surface area contributed by atoms with Gasteiger partial charge in [0.15, 0.2) is 0 Å². The lowest BCUT2D eigenvalue weighted by Gasteiger charge is -2.35. The number of benzene rings is 2. The van der Waals surface area contributed by atoms with Crippen LogP contribution in [0.2, 0.25) is 0 Å². The number of aryl methyl sites for hydroxylation is 1. The molecule has 0 N–H and O–H groups in total. The van der Waals surface area contributed by atoms with Crippen LogP contribution in [-0.2, 0) is 6.54 Å². The maximum Gasteiger partial charge on any atom is 0.261 e. The molecular weight excluding hydrogens is 417 g/mol.